The van der Waals surface area contributed by atoms with Crippen LogP contribution in [0.3, 0.4) is 0 Å². The van der Waals surface area contributed by atoms with Crippen LogP contribution in [0.5, 0.6) is 0 Å². The van der Waals surface area contributed by atoms with Gasteiger partial charge < -0.3 is 9.84 Å². The molecule has 0 amide bonds. The second-order valence-corrected chi connectivity index (χ2v) is 12.3. The number of alkyl halides is 3. The molecule has 0 unspecified atom stereocenters. The summed E-state index contributed by atoms with van der Waals surface area (Å²) in [7, 11) is -7.87. The lowest BCUT2D eigenvalue weighted by Crippen LogP contribution is -2.46. The Kier molecular flexibility index (Phi) is 6.44. The van der Waals surface area contributed by atoms with E-state index in [2.05, 4.69) is 4.72 Å². The molecule has 2 aromatic carbocycles. The third-order valence-electron chi connectivity index (χ3n) is 6.02. The van der Waals surface area contributed by atoms with E-state index >= 15 is 0 Å². The molecule has 0 aliphatic carbocycles. The average molecular weight is 521 g/mol. The molecule has 2 saturated heterocycles. The van der Waals surface area contributed by atoms with Crippen molar-refractivity contribution in [3.63, 3.8) is 0 Å². The maximum atomic E-state index is 12.8. The standard InChI is InChI=1S/C21H23F3N2O6S2/c22-21(23,24)16-3-7-19(8-4-16)34(30,31)26-11-9-18(10-12-26)33(28,29)25-17-5-1-15(2-6-17)20(27)13-32-14-20/h1-8,18,25,27H,9-14H2. The van der Waals surface area contributed by atoms with Crippen molar-refractivity contribution in [1.29, 1.82) is 0 Å². The van der Waals surface area contributed by atoms with E-state index in [-0.39, 0.29) is 44.0 Å². The van der Waals surface area contributed by atoms with E-state index < -0.39 is 42.6 Å². The van der Waals surface area contributed by atoms with Gasteiger partial charge in [0.15, 0.2) is 0 Å². The van der Waals surface area contributed by atoms with E-state index in [1.54, 1.807) is 12.1 Å². The van der Waals surface area contributed by atoms with Crippen molar-refractivity contribution >= 4 is 25.7 Å². The van der Waals surface area contributed by atoms with Gasteiger partial charge in [-0.25, -0.2) is 16.8 Å². The lowest BCUT2D eigenvalue weighted by Gasteiger charge is -2.36. The highest BCUT2D eigenvalue weighted by molar-refractivity contribution is 7.93. The minimum atomic E-state index is -4.58. The minimum Gasteiger partial charge on any atom is -0.380 e. The van der Waals surface area contributed by atoms with Gasteiger partial charge in [0.1, 0.15) is 5.60 Å². The fourth-order valence-corrected chi connectivity index (χ4v) is 6.84. The first-order valence-electron chi connectivity index (χ1n) is 10.4. The van der Waals surface area contributed by atoms with Gasteiger partial charge in [-0.3, -0.25) is 4.72 Å². The van der Waals surface area contributed by atoms with Crippen molar-refractivity contribution in [1.82, 2.24) is 4.31 Å². The Balaban J connectivity index is 1.38. The number of aliphatic hydroxyl groups is 1. The number of sulfonamides is 2. The Morgan fingerprint density at radius 2 is 1.50 bits per heavy atom. The van der Waals surface area contributed by atoms with Crippen LogP contribution in [-0.4, -0.2) is 57.8 Å². The van der Waals surface area contributed by atoms with Crippen molar-refractivity contribution in [2.45, 2.75) is 34.8 Å². The first-order valence-corrected chi connectivity index (χ1v) is 13.4. The molecule has 2 fully saturated rings. The molecule has 0 atom stereocenters. The van der Waals surface area contributed by atoms with Crippen molar-refractivity contribution in [3.8, 4) is 0 Å². The zero-order chi connectivity index (χ0) is 24.8. The Morgan fingerprint density at radius 1 is 0.941 bits per heavy atom. The molecule has 4 rings (SSSR count). The first kappa shape index (κ1) is 24.9. The molecular weight excluding hydrogens is 497 g/mol. The molecule has 34 heavy (non-hydrogen) atoms. The summed E-state index contributed by atoms with van der Waals surface area (Å²) in [6.07, 6.45) is -4.51. The summed E-state index contributed by atoms with van der Waals surface area (Å²) in [4.78, 5) is -0.279. The Labute approximate surface area is 195 Å². The predicted octanol–water partition coefficient (Wildman–Crippen LogP) is 2.52. The zero-order valence-electron chi connectivity index (χ0n) is 17.8. The molecule has 2 heterocycles. The summed E-state index contributed by atoms with van der Waals surface area (Å²) >= 11 is 0. The van der Waals surface area contributed by atoms with Gasteiger partial charge in [0.05, 0.1) is 28.9 Å². The van der Waals surface area contributed by atoms with E-state index in [0.717, 1.165) is 16.4 Å². The fourth-order valence-electron chi connectivity index (χ4n) is 3.91. The Bertz CT molecular complexity index is 1230. The van der Waals surface area contributed by atoms with Crippen LogP contribution in [0.4, 0.5) is 18.9 Å². The van der Waals surface area contributed by atoms with Crippen LogP contribution in [0.1, 0.15) is 24.0 Å². The molecule has 0 radical (unpaired) electrons. The van der Waals surface area contributed by atoms with Crippen LogP contribution < -0.4 is 4.72 Å². The van der Waals surface area contributed by atoms with Crippen molar-refractivity contribution in [2.75, 3.05) is 31.0 Å². The van der Waals surface area contributed by atoms with Crippen molar-refractivity contribution in [2.24, 2.45) is 0 Å². The number of benzene rings is 2. The number of halogens is 3. The fraction of sp³-hybridized carbons (Fsp3) is 0.429. The van der Waals surface area contributed by atoms with Gasteiger partial charge >= 0.3 is 6.18 Å². The maximum absolute atomic E-state index is 12.8. The highest BCUT2D eigenvalue weighted by Crippen LogP contribution is 2.32. The molecule has 0 bridgehead atoms. The van der Waals surface area contributed by atoms with Gasteiger partial charge in [-0.1, -0.05) is 12.1 Å². The average Bonchev–Trinajstić information content (AvgIpc) is 2.77. The second-order valence-electron chi connectivity index (χ2n) is 8.37. The molecule has 2 N–H and O–H groups in total. The van der Waals surface area contributed by atoms with Crippen LogP contribution in [-0.2, 0) is 36.6 Å². The predicted molar refractivity (Wildman–Crippen MR) is 117 cm³/mol. The van der Waals surface area contributed by atoms with Crippen LogP contribution in [0.25, 0.3) is 0 Å². The minimum absolute atomic E-state index is 0.0321. The molecule has 2 aromatic rings. The molecular formula is C21H23F3N2O6S2. The zero-order valence-corrected chi connectivity index (χ0v) is 19.5. The summed E-state index contributed by atoms with van der Waals surface area (Å²) in [6, 6.07) is 9.50. The number of rotatable bonds is 6. The van der Waals surface area contributed by atoms with Crippen LogP contribution >= 0.6 is 0 Å². The molecule has 13 heteroatoms. The number of anilines is 1. The van der Waals surface area contributed by atoms with Gasteiger partial charge in [0, 0.05) is 18.8 Å². The molecule has 186 valence electrons. The summed E-state index contributed by atoms with van der Waals surface area (Å²) < 4.78 is 98.0. The van der Waals surface area contributed by atoms with Crippen molar-refractivity contribution in [3.05, 3.63) is 59.7 Å². The van der Waals surface area contributed by atoms with E-state index in [4.69, 9.17) is 4.74 Å². The smallest absolute Gasteiger partial charge is 0.380 e. The summed E-state index contributed by atoms with van der Waals surface area (Å²) in [5, 5.41) is 9.43. The SMILES string of the molecule is O=S(=O)(Nc1ccc(C2(O)COC2)cc1)C1CCN(S(=O)(=O)c2ccc(C(F)(F)F)cc2)CC1. The summed E-state index contributed by atoms with van der Waals surface area (Å²) in [6.45, 7) is 0.180. The highest BCUT2D eigenvalue weighted by atomic mass is 32.2. The number of hydrogen-bond acceptors (Lipinski definition) is 6. The molecule has 0 aromatic heterocycles. The molecule has 2 aliphatic rings. The van der Waals surface area contributed by atoms with Gasteiger partial charge in [-0.2, -0.15) is 17.5 Å². The van der Waals surface area contributed by atoms with Gasteiger partial charge in [-0.15, -0.1) is 0 Å². The molecule has 0 spiro atoms. The first-order chi connectivity index (χ1) is 15.8. The third kappa shape index (κ3) is 4.93. The summed E-state index contributed by atoms with van der Waals surface area (Å²) in [5.74, 6) is 0. The Morgan fingerprint density at radius 3 is 1.97 bits per heavy atom. The normalized spacial score (nSPS) is 20.0. The summed E-state index contributed by atoms with van der Waals surface area (Å²) in [5.41, 5.74) is -1.09. The number of ether oxygens (including phenoxy) is 1. The highest BCUT2D eigenvalue weighted by Gasteiger charge is 2.38. The topological polar surface area (TPSA) is 113 Å². The van der Waals surface area contributed by atoms with E-state index in [0.29, 0.717) is 23.4 Å². The number of nitrogens with one attached hydrogen (secondary N) is 1. The van der Waals surface area contributed by atoms with Crippen LogP contribution in [0, 0.1) is 0 Å². The molecule has 2 aliphatic heterocycles. The third-order valence-corrected chi connectivity index (χ3v) is 9.81. The molecule has 8 nitrogen and oxygen atoms in total. The van der Waals surface area contributed by atoms with Gasteiger partial charge in [0.2, 0.25) is 20.0 Å². The lowest BCUT2D eigenvalue weighted by molar-refractivity contribution is -0.184. The molecule has 0 saturated carbocycles. The maximum Gasteiger partial charge on any atom is 0.416 e. The van der Waals surface area contributed by atoms with Crippen LogP contribution in [0.15, 0.2) is 53.4 Å². The lowest BCUT2D eigenvalue weighted by atomic mass is 9.92. The second kappa shape index (κ2) is 8.79. The number of hydrogen-bond donors (Lipinski definition) is 2. The van der Waals surface area contributed by atoms with Crippen LogP contribution in [0.2, 0.25) is 0 Å². The number of nitrogens with zero attached hydrogens (tertiary/aromatic N) is 1. The number of piperidine rings is 1. The van der Waals surface area contributed by atoms with Gasteiger partial charge in [0.25, 0.3) is 0 Å². The van der Waals surface area contributed by atoms with E-state index in [9.17, 15) is 35.1 Å². The monoisotopic (exact) mass is 520 g/mol. The van der Waals surface area contributed by atoms with E-state index in [1.165, 1.54) is 12.1 Å². The Hall–Kier alpha value is -2.19. The van der Waals surface area contributed by atoms with E-state index in [1.807, 2.05) is 0 Å². The van der Waals surface area contributed by atoms with Gasteiger partial charge in [-0.05, 0) is 54.8 Å². The largest absolute Gasteiger partial charge is 0.416 e. The van der Waals surface area contributed by atoms with Crippen molar-refractivity contribution < 1.29 is 39.9 Å². The quantitative estimate of drug-likeness (QED) is 0.605.